The number of furan rings is 1. The van der Waals surface area contributed by atoms with E-state index in [0.717, 1.165) is 0 Å². The Morgan fingerprint density at radius 2 is 2.26 bits per heavy atom. The van der Waals surface area contributed by atoms with Gasteiger partial charge in [0, 0.05) is 12.0 Å². The SMILES string of the molecule is CC(C)c1cc(C(=O)NCC(O)c2ccco2)no1. The van der Waals surface area contributed by atoms with E-state index in [9.17, 15) is 9.90 Å². The quantitative estimate of drug-likeness (QED) is 0.860. The zero-order valence-corrected chi connectivity index (χ0v) is 10.8. The lowest BCUT2D eigenvalue weighted by Crippen LogP contribution is -2.28. The zero-order valence-electron chi connectivity index (χ0n) is 10.8. The van der Waals surface area contributed by atoms with E-state index in [0.29, 0.717) is 11.5 Å². The maximum atomic E-state index is 11.8. The van der Waals surface area contributed by atoms with Gasteiger partial charge in [-0.3, -0.25) is 4.79 Å². The summed E-state index contributed by atoms with van der Waals surface area (Å²) < 4.78 is 10.1. The van der Waals surface area contributed by atoms with Crippen molar-refractivity contribution in [2.75, 3.05) is 6.54 Å². The van der Waals surface area contributed by atoms with Gasteiger partial charge in [-0.15, -0.1) is 0 Å². The summed E-state index contributed by atoms with van der Waals surface area (Å²) in [5.41, 5.74) is 0.204. The first-order valence-electron chi connectivity index (χ1n) is 6.04. The summed E-state index contributed by atoms with van der Waals surface area (Å²) in [6.45, 7) is 3.95. The number of hydrogen-bond acceptors (Lipinski definition) is 5. The molecule has 2 aromatic heterocycles. The van der Waals surface area contributed by atoms with Crippen LogP contribution in [0.5, 0.6) is 0 Å². The molecule has 0 aliphatic heterocycles. The first kappa shape index (κ1) is 13.4. The maximum absolute atomic E-state index is 11.8. The summed E-state index contributed by atoms with van der Waals surface area (Å²) in [6, 6.07) is 4.91. The van der Waals surface area contributed by atoms with Crippen LogP contribution < -0.4 is 5.32 Å². The molecule has 0 aliphatic carbocycles. The molecule has 0 spiro atoms. The van der Waals surface area contributed by atoms with Crippen molar-refractivity contribution in [3.05, 3.63) is 41.7 Å². The third-order valence-electron chi connectivity index (χ3n) is 2.66. The first-order chi connectivity index (χ1) is 9.08. The summed E-state index contributed by atoms with van der Waals surface area (Å²) >= 11 is 0. The van der Waals surface area contributed by atoms with Crippen LogP contribution in [0.4, 0.5) is 0 Å². The number of rotatable bonds is 5. The van der Waals surface area contributed by atoms with Crippen LogP contribution in [0.2, 0.25) is 0 Å². The lowest BCUT2D eigenvalue weighted by Gasteiger charge is -2.07. The number of aromatic nitrogens is 1. The lowest BCUT2D eigenvalue weighted by molar-refractivity contribution is 0.0892. The molecule has 2 heterocycles. The molecule has 0 aliphatic rings. The molecule has 2 aromatic rings. The van der Waals surface area contributed by atoms with Crippen LogP contribution in [0, 0.1) is 0 Å². The fourth-order valence-electron chi connectivity index (χ4n) is 1.53. The smallest absolute Gasteiger partial charge is 0.273 e. The Bertz CT molecular complexity index is 531. The standard InChI is InChI=1S/C13H16N2O4/c1-8(2)12-6-9(15-19-12)13(17)14-7-10(16)11-4-3-5-18-11/h3-6,8,10,16H,7H2,1-2H3,(H,14,17). The largest absolute Gasteiger partial charge is 0.467 e. The Morgan fingerprint density at radius 3 is 2.84 bits per heavy atom. The van der Waals surface area contributed by atoms with Crippen molar-refractivity contribution >= 4 is 5.91 Å². The van der Waals surface area contributed by atoms with Gasteiger partial charge >= 0.3 is 0 Å². The van der Waals surface area contributed by atoms with Crippen molar-refractivity contribution in [3.8, 4) is 0 Å². The van der Waals surface area contributed by atoms with E-state index < -0.39 is 6.10 Å². The van der Waals surface area contributed by atoms with E-state index in [1.807, 2.05) is 13.8 Å². The Kier molecular flexibility index (Phi) is 4.01. The number of aliphatic hydroxyl groups excluding tert-OH is 1. The predicted octanol–water partition coefficient (Wildman–Crippen LogP) is 1.85. The number of nitrogens with zero attached hydrogens (tertiary/aromatic N) is 1. The number of carbonyl (C=O) groups excluding carboxylic acids is 1. The zero-order chi connectivity index (χ0) is 13.8. The van der Waals surface area contributed by atoms with Crippen LogP contribution in [0.15, 0.2) is 33.4 Å². The van der Waals surface area contributed by atoms with Crippen molar-refractivity contribution in [2.24, 2.45) is 0 Å². The number of nitrogens with one attached hydrogen (secondary N) is 1. The van der Waals surface area contributed by atoms with Gasteiger partial charge < -0.3 is 19.4 Å². The number of carbonyl (C=O) groups is 1. The average Bonchev–Trinajstić information content (AvgIpc) is 3.05. The molecule has 0 fully saturated rings. The van der Waals surface area contributed by atoms with Crippen LogP contribution in [-0.2, 0) is 0 Å². The Balaban J connectivity index is 1.90. The van der Waals surface area contributed by atoms with E-state index in [1.165, 1.54) is 6.26 Å². The van der Waals surface area contributed by atoms with E-state index in [1.54, 1.807) is 18.2 Å². The molecule has 1 unspecified atom stereocenters. The summed E-state index contributed by atoms with van der Waals surface area (Å²) in [6.07, 6.45) is 0.586. The van der Waals surface area contributed by atoms with Gasteiger partial charge in [0.15, 0.2) is 5.69 Å². The van der Waals surface area contributed by atoms with Crippen LogP contribution >= 0.6 is 0 Å². The van der Waals surface area contributed by atoms with Gasteiger partial charge in [0.2, 0.25) is 0 Å². The van der Waals surface area contributed by atoms with E-state index in [-0.39, 0.29) is 24.1 Å². The van der Waals surface area contributed by atoms with Crippen molar-refractivity contribution in [3.63, 3.8) is 0 Å². The van der Waals surface area contributed by atoms with Crippen molar-refractivity contribution in [2.45, 2.75) is 25.9 Å². The summed E-state index contributed by atoms with van der Waals surface area (Å²) in [5, 5.41) is 16.0. The van der Waals surface area contributed by atoms with Gasteiger partial charge in [0.25, 0.3) is 5.91 Å². The third kappa shape index (κ3) is 3.23. The molecule has 19 heavy (non-hydrogen) atoms. The first-order valence-corrected chi connectivity index (χ1v) is 6.04. The van der Waals surface area contributed by atoms with Gasteiger partial charge in [-0.25, -0.2) is 0 Å². The van der Waals surface area contributed by atoms with Crippen LogP contribution in [0.3, 0.4) is 0 Å². The monoisotopic (exact) mass is 264 g/mol. The van der Waals surface area contributed by atoms with E-state index >= 15 is 0 Å². The third-order valence-corrected chi connectivity index (χ3v) is 2.66. The lowest BCUT2D eigenvalue weighted by atomic mass is 10.1. The molecule has 2 N–H and O–H groups in total. The molecule has 0 bridgehead atoms. The van der Waals surface area contributed by atoms with Gasteiger partial charge in [0.05, 0.1) is 12.8 Å². The second-order valence-electron chi connectivity index (χ2n) is 4.51. The second-order valence-corrected chi connectivity index (χ2v) is 4.51. The molecule has 2 rings (SSSR count). The highest BCUT2D eigenvalue weighted by Gasteiger charge is 2.16. The molecule has 1 atom stereocenters. The predicted molar refractivity (Wildman–Crippen MR) is 66.6 cm³/mol. The van der Waals surface area contributed by atoms with Gasteiger partial charge in [-0.05, 0) is 12.1 Å². The van der Waals surface area contributed by atoms with Crippen molar-refractivity contribution in [1.29, 1.82) is 0 Å². The van der Waals surface area contributed by atoms with Gasteiger partial charge in [0.1, 0.15) is 17.6 Å². The molecular weight excluding hydrogens is 248 g/mol. The highest BCUT2D eigenvalue weighted by molar-refractivity contribution is 5.92. The highest BCUT2D eigenvalue weighted by atomic mass is 16.5. The normalized spacial score (nSPS) is 12.6. The molecule has 102 valence electrons. The van der Waals surface area contributed by atoms with Crippen molar-refractivity contribution < 1.29 is 18.8 Å². The number of amides is 1. The Hall–Kier alpha value is -2.08. The van der Waals surface area contributed by atoms with Gasteiger partial charge in [-0.2, -0.15) is 0 Å². The topological polar surface area (TPSA) is 88.5 Å². The van der Waals surface area contributed by atoms with Crippen molar-refractivity contribution in [1.82, 2.24) is 10.5 Å². The molecule has 6 heteroatoms. The molecule has 0 aromatic carbocycles. The maximum Gasteiger partial charge on any atom is 0.273 e. The molecule has 0 saturated carbocycles. The molecular formula is C13H16N2O4. The minimum atomic E-state index is -0.879. The van der Waals surface area contributed by atoms with Gasteiger partial charge in [-0.1, -0.05) is 19.0 Å². The van der Waals surface area contributed by atoms with E-state index in [4.69, 9.17) is 8.94 Å². The Labute approximate surface area is 110 Å². The Morgan fingerprint density at radius 1 is 1.47 bits per heavy atom. The summed E-state index contributed by atoms with van der Waals surface area (Å²) in [4.78, 5) is 11.8. The van der Waals surface area contributed by atoms with E-state index in [2.05, 4.69) is 10.5 Å². The molecule has 6 nitrogen and oxygen atoms in total. The van der Waals surface area contributed by atoms with Crippen LogP contribution in [0.1, 0.15) is 47.9 Å². The molecule has 1 amide bonds. The highest BCUT2D eigenvalue weighted by Crippen LogP contribution is 2.15. The fourth-order valence-corrected chi connectivity index (χ4v) is 1.53. The average molecular weight is 264 g/mol. The molecule has 0 radical (unpaired) electrons. The van der Waals surface area contributed by atoms with Crippen LogP contribution in [0.25, 0.3) is 0 Å². The minimum absolute atomic E-state index is 0.0518. The fraction of sp³-hybridized carbons (Fsp3) is 0.385. The number of aliphatic hydroxyl groups is 1. The van der Waals surface area contributed by atoms with Crippen LogP contribution in [-0.4, -0.2) is 22.7 Å². The summed E-state index contributed by atoms with van der Waals surface area (Å²) in [5.74, 6) is 0.837. The molecule has 0 saturated heterocycles. The summed E-state index contributed by atoms with van der Waals surface area (Å²) in [7, 11) is 0. The minimum Gasteiger partial charge on any atom is -0.467 e. The second kappa shape index (κ2) is 5.71. The number of hydrogen-bond donors (Lipinski definition) is 2.